The Bertz CT molecular complexity index is 398. The van der Waals surface area contributed by atoms with E-state index in [2.05, 4.69) is 68.0 Å². The Morgan fingerprint density at radius 2 is 2.00 bits per heavy atom. The first kappa shape index (κ1) is 16.5. The van der Waals surface area contributed by atoms with Gasteiger partial charge in [0.2, 0.25) is 0 Å². The second-order valence-electron chi connectivity index (χ2n) is 6.07. The molecule has 0 aliphatic carbocycles. The molecule has 0 aliphatic heterocycles. The van der Waals surface area contributed by atoms with Crippen LogP contribution < -0.4 is 10.1 Å². The number of halogens is 1. The number of nitrogens with one attached hydrogen (secondary N) is 1. The molecule has 0 aliphatic rings. The third kappa shape index (κ3) is 6.44. The average Bonchev–Trinajstić information content (AvgIpc) is 2.29. The highest BCUT2D eigenvalue weighted by Crippen LogP contribution is 2.24. The predicted octanol–water partition coefficient (Wildman–Crippen LogP) is 4.90. The van der Waals surface area contributed by atoms with Crippen molar-refractivity contribution in [2.45, 2.75) is 65.6 Å². The van der Waals surface area contributed by atoms with Crippen LogP contribution in [0.15, 0.2) is 22.7 Å². The lowest BCUT2D eigenvalue weighted by atomic mass is 10.1. The first-order chi connectivity index (χ1) is 8.81. The van der Waals surface area contributed by atoms with Crippen molar-refractivity contribution in [3.05, 3.63) is 28.2 Å². The molecular weight excluding hydrogens is 302 g/mol. The summed E-state index contributed by atoms with van der Waals surface area (Å²) in [5, 5.41) is 3.50. The molecule has 1 atom stereocenters. The van der Waals surface area contributed by atoms with E-state index in [1.54, 1.807) is 0 Å². The van der Waals surface area contributed by atoms with Crippen molar-refractivity contribution < 1.29 is 4.74 Å². The molecule has 0 radical (unpaired) electrons. The lowest BCUT2D eigenvalue weighted by molar-refractivity contribution is 0.209. The summed E-state index contributed by atoms with van der Waals surface area (Å²) in [7, 11) is 0. The van der Waals surface area contributed by atoms with Crippen LogP contribution in [0.2, 0.25) is 0 Å². The van der Waals surface area contributed by atoms with E-state index in [1.807, 2.05) is 6.07 Å². The van der Waals surface area contributed by atoms with E-state index in [0.29, 0.717) is 0 Å². The van der Waals surface area contributed by atoms with E-state index in [0.717, 1.165) is 29.6 Å². The molecule has 108 valence electrons. The van der Waals surface area contributed by atoms with Crippen LogP contribution in [0, 0.1) is 0 Å². The van der Waals surface area contributed by atoms with Gasteiger partial charge in [-0.3, -0.25) is 0 Å². The molecule has 0 amide bonds. The molecular formula is C16H26BrNO. The van der Waals surface area contributed by atoms with E-state index >= 15 is 0 Å². The van der Waals surface area contributed by atoms with Crippen molar-refractivity contribution in [2.24, 2.45) is 0 Å². The summed E-state index contributed by atoms with van der Waals surface area (Å²) in [6.07, 6.45) is 2.51. The normalized spacial score (nSPS) is 13.4. The number of hydrogen-bond acceptors (Lipinski definition) is 2. The van der Waals surface area contributed by atoms with Crippen LogP contribution in [0.25, 0.3) is 0 Å². The highest BCUT2D eigenvalue weighted by Gasteiger charge is 2.11. The Morgan fingerprint density at radius 1 is 1.32 bits per heavy atom. The number of hydrogen-bond donors (Lipinski definition) is 1. The van der Waals surface area contributed by atoms with Gasteiger partial charge in [0.05, 0.1) is 6.10 Å². The molecule has 0 saturated heterocycles. The molecule has 1 unspecified atom stereocenters. The second-order valence-corrected chi connectivity index (χ2v) is 6.93. The van der Waals surface area contributed by atoms with E-state index < -0.39 is 0 Å². The summed E-state index contributed by atoms with van der Waals surface area (Å²) in [6.45, 7) is 11.7. The van der Waals surface area contributed by atoms with Crippen molar-refractivity contribution in [2.75, 3.05) is 0 Å². The second kappa shape index (κ2) is 7.30. The number of ether oxygens (including phenoxy) is 1. The van der Waals surface area contributed by atoms with Gasteiger partial charge in [-0.1, -0.05) is 29.3 Å². The minimum absolute atomic E-state index is 0.117. The van der Waals surface area contributed by atoms with Crippen molar-refractivity contribution in [1.29, 1.82) is 0 Å². The Hall–Kier alpha value is -0.540. The molecule has 3 heteroatoms. The molecule has 1 aromatic carbocycles. The number of benzene rings is 1. The fourth-order valence-corrected chi connectivity index (χ4v) is 2.20. The zero-order valence-electron chi connectivity index (χ0n) is 12.7. The fraction of sp³-hybridized carbons (Fsp3) is 0.625. The topological polar surface area (TPSA) is 21.3 Å². The third-order valence-corrected chi connectivity index (χ3v) is 3.63. The summed E-state index contributed by atoms with van der Waals surface area (Å²) in [4.78, 5) is 0. The van der Waals surface area contributed by atoms with Gasteiger partial charge in [0.25, 0.3) is 0 Å². The van der Waals surface area contributed by atoms with Gasteiger partial charge in [-0.25, -0.2) is 0 Å². The number of rotatable bonds is 6. The summed E-state index contributed by atoms with van der Waals surface area (Å²) in [5.41, 5.74) is 1.35. The fourth-order valence-electron chi connectivity index (χ4n) is 1.82. The first-order valence-electron chi connectivity index (χ1n) is 7.02. The SMILES string of the molecule is CCCC(C)Oc1ccc(Br)c(CNC(C)(C)C)c1. The largest absolute Gasteiger partial charge is 0.491 e. The van der Waals surface area contributed by atoms with Crippen molar-refractivity contribution in [1.82, 2.24) is 5.32 Å². The lowest BCUT2D eigenvalue weighted by Gasteiger charge is -2.21. The highest BCUT2D eigenvalue weighted by atomic mass is 79.9. The van der Waals surface area contributed by atoms with Crippen LogP contribution >= 0.6 is 15.9 Å². The molecule has 0 aromatic heterocycles. The van der Waals surface area contributed by atoms with Crippen molar-refractivity contribution in [3.63, 3.8) is 0 Å². The molecule has 1 aromatic rings. The Morgan fingerprint density at radius 3 is 2.58 bits per heavy atom. The average molecular weight is 328 g/mol. The lowest BCUT2D eigenvalue weighted by Crippen LogP contribution is -2.35. The Kier molecular flexibility index (Phi) is 6.34. The zero-order chi connectivity index (χ0) is 14.5. The maximum Gasteiger partial charge on any atom is 0.120 e. The van der Waals surface area contributed by atoms with Gasteiger partial charge in [0.15, 0.2) is 0 Å². The minimum Gasteiger partial charge on any atom is -0.491 e. The van der Waals surface area contributed by atoms with Crippen LogP contribution in [0.5, 0.6) is 5.75 Å². The summed E-state index contributed by atoms with van der Waals surface area (Å²) >= 11 is 3.60. The van der Waals surface area contributed by atoms with Crippen LogP contribution in [0.4, 0.5) is 0 Å². The van der Waals surface area contributed by atoms with E-state index in [4.69, 9.17) is 4.74 Å². The van der Waals surface area contributed by atoms with Crippen LogP contribution in [-0.4, -0.2) is 11.6 Å². The van der Waals surface area contributed by atoms with E-state index in [-0.39, 0.29) is 11.6 Å². The summed E-state index contributed by atoms with van der Waals surface area (Å²) < 4.78 is 7.06. The van der Waals surface area contributed by atoms with Gasteiger partial charge in [-0.05, 0) is 57.9 Å². The Labute approximate surface area is 126 Å². The van der Waals surface area contributed by atoms with Crippen molar-refractivity contribution >= 4 is 15.9 Å². The molecule has 2 nitrogen and oxygen atoms in total. The van der Waals surface area contributed by atoms with Gasteiger partial charge >= 0.3 is 0 Å². The van der Waals surface area contributed by atoms with Gasteiger partial charge < -0.3 is 10.1 Å². The highest BCUT2D eigenvalue weighted by molar-refractivity contribution is 9.10. The van der Waals surface area contributed by atoms with E-state index in [1.165, 1.54) is 5.56 Å². The monoisotopic (exact) mass is 327 g/mol. The molecule has 0 fully saturated rings. The molecule has 0 saturated carbocycles. The van der Waals surface area contributed by atoms with Crippen LogP contribution in [0.3, 0.4) is 0 Å². The van der Waals surface area contributed by atoms with Crippen LogP contribution in [0.1, 0.15) is 53.0 Å². The minimum atomic E-state index is 0.117. The standard InChI is InChI=1S/C16H26BrNO/c1-6-7-12(2)19-14-8-9-15(17)13(10-14)11-18-16(3,4)5/h8-10,12,18H,6-7,11H2,1-5H3. The molecule has 19 heavy (non-hydrogen) atoms. The zero-order valence-corrected chi connectivity index (χ0v) is 14.3. The van der Waals surface area contributed by atoms with Gasteiger partial charge in [0.1, 0.15) is 5.75 Å². The quantitative estimate of drug-likeness (QED) is 0.801. The maximum atomic E-state index is 5.93. The van der Waals surface area contributed by atoms with Gasteiger partial charge in [-0.15, -0.1) is 0 Å². The smallest absolute Gasteiger partial charge is 0.120 e. The van der Waals surface area contributed by atoms with Gasteiger partial charge in [-0.2, -0.15) is 0 Å². The van der Waals surface area contributed by atoms with E-state index in [9.17, 15) is 0 Å². The third-order valence-electron chi connectivity index (χ3n) is 2.86. The molecule has 1 N–H and O–H groups in total. The summed E-state index contributed by atoms with van der Waals surface area (Å²) in [6, 6.07) is 6.21. The predicted molar refractivity (Wildman–Crippen MR) is 85.7 cm³/mol. The maximum absolute atomic E-state index is 5.93. The molecule has 0 heterocycles. The molecule has 1 rings (SSSR count). The first-order valence-corrected chi connectivity index (χ1v) is 7.81. The molecule has 0 bridgehead atoms. The van der Waals surface area contributed by atoms with Gasteiger partial charge in [0, 0.05) is 16.6 Å². The Balaban J connectivity index is 2.71. The van der Waals surface area contributed by atoms with Crippen LogP contribution in [-0.2, 0) is 6.54 Å². The molecule has 0 spiro atoms. The van der Waals surface area contributed by atoms with Crippen molar-refractivity contribution in [3.8, 4) is 5.75 Å². The summed E-state index contributed by atoms with van der Waals surface area (Å²) in [5.74, 6) is 0.954.